The quantitative estimate of drug-likeness (QED) is 0.801. The van der Waals surface area contributed by atoms with Crippen LogP contribution in [0.25, 0.3) is 0 Å². The average Bonchev–Trinajstić information content (AvgIpc) is 2.37. The van der Waals surface area contributed by atoms with Crippen molar-refractivity contribution in [3.63, 3.8) is 0 Å². The van der Waals surface area contributed by atoms with Crippen molar-refractivity contribution in [3.05, 3.63) is 28.8 Å². The van der Waals surface area contributed by atoms with Gasteiger partial charge in [0.25, 0.3) is 0 Å². The molecule has 0 aliphatic rings. The third kappa shape index (κ3) is 5.89. The number of nitrogens with one attached hydrogen (secondary N) is 2. The lowest BCUT2D eigenvalue weighted by molar-refractivity contribution is -0.137. The largest absolute Gasteiger partial charge is 0.416 e. The number of amides is 1. The SMILES string of the molecule is CCCCC(=O)NC(=S)Nc1ccc(C(F)(F)F)cc1Cl. The van der Waals surface area contributed by atoms with Crippen LogP contribution in [0.2, 0.25) is 5.02 Å². The summed E-state index contributed by atoms with van der Waals surface area (Å²) in [5.74, 6) is -0.252. The lowest BCUT2D eigenvalue weighted by Crippen LogP contribution is -2.34. The van der Waals surface area contributed by atoms with E-state index in [4.69, 9.17) is 23.8 Å². The maximum Gasteiger partial charge on any atom is 0.416 e. The molecule has 1 amide bonds. The molecule has 21 heavy (non-hydrogen) atoms. The lowest BCUT2D eigenvalue weighted by Gasteiger charge is -2.13. The number of rotatable bonds is 4. The summed E-state index contributed by atoms with van der Waals surface area (Å²) in [5.41, 5.74) is -0.651. The van der Waals surface area contributed by atoms with Crippen molar-refractivity contribution in [2.45, 2.75) is 32.4 Å². The van der Waals surface area contributed by atoms with E-state index >= 15 is 0 Å². The molecule has 0 bridgehead atoms. The fourth-order valence-electron chi connectivity index (χ4n) is 1.47. The Labute approximate surface area is 130 Å². The van der Waals surface area contributed by atoms with Crippen LogP contribution in [-0.2, 0) is 11.0 Å². The molecule has 0 heterocycles. The minimum atomic E-state index is -4.46. The molecule has 2 N–H and O–H groups in total. The summed E-state index contributed by atoms with van der Waals surface area (Å²) in [4.78, 5) is 11.5. The summed E-state index contributed by atoms with van der Waals surface area (Å²) < 4.78 is 37.5. The molecule has 0 aliphatic carbocycles. The molecule has 0 unspecified atom stereocenters. The number of anilines is 1. The van der Waals surface area contributed by atoms with Crippen molar-refractivity contribution in [2.75, 3.05) is 5.32 Å². The van der Waals surface area contributed by atoms with Crippen LogP contribution in [0.1, 0.15) is 31.7 Å². The number of halogens is 4. The third-order valence-corrected chi connectivity index (χ3v) is 3.07. The molecule has 1 aromatic rings. The van der Waals surface area contributed by atoms with Crippen LogP contribution in [0.5, 0.6) is 0 Å². The van der Waals surface area contributed by atoms with Gasteiger partial charge in [-0.2, -0.15) is 13.2 Å². The Kier molecular flexibility index (Phi) is 6.42. The van der Waals surface area contributed by atoms with E-state index in [9.17, 15) is 18.0 Å². The highest BCUT2D eigenvalue weighted by Gasteiger charge is 2.30. The van der Waals surface area contributed by atoms with E-state index in [1.807, 2.05) is 6.92 Å². The molecule has 0 fully saturated rings. The van der Waals surface area contributed by atoms with Gasteiger partial charge in [-0.05, 0) is 36.8 Å². The number of hydrogen-bond donors (Lipinski definition) is 2. The van der Waals surface area contributed by atoms with Crippen molar-refractivity contribution in [3.8, 4) is 0 Å². The summed E-state index contributed by atoms with van der Waals surface area (Å²) in [6.45, 7) is 1.95. The molecule has 0 saturated heterocycles. The second-order valence-electron chi connectivity index (χ2n) is 4.30. The van der Waals surface area contributed by atoms with Crippen LogP contribution in [0.4, 0.5) is 18.9 Å². The summed E-state index contributed by atoms with van der Waals surface area (Å²) in [6, 6.07) is 2.84. The zero-order valence-electron chi connectivity index (χ0n) is 11.2. The predicted molar refractivity (Wildman–Crippen MR) is 80.3 cm³/mol. The Morgan fingerprint density at radius 2 is 2.05 bits per heavy atom. The smallest absolute Gasteiger partial charge is 0.331 e. The van der Waals surface area contributed by atoms with Crippen LogP contribution in [-0.4, -0.2) is 11.0 Å². The summed E-state index contributed by atoms with van der Waals surface area (Å²) >= 11 is 10.7. The van der Waals surface area contributed by atoms with E-state index in [0.717, 1.165) is 31.0 Å². The number of benzene rings is 1. The Hall–Kier alpha value is -1.34. The first-order valence-corrected chi connectivity index (χ1v) is 7.00. The van der Waals surface area contributed by atoms with Gasteiger partial charge in [0.2, 0.25) is 5.91 Å². The predicted octanol–water partition coefficient (Wildman–Crippen LogP) is 4.36. The van der Waals surface area contributed by atoms with E-state index in [-0.39, 0.29) is 21.7 Å². The fraction of sp³-hybridized carbons (Fsp3) is 0.385. The molecule has 0 spiro atoms. The lowest BCUT2D eigenvalue weighted by atomic mass is 10.2. The molecule has 3 nitrogen and oxygen atoms in total. The number of thiocarbonyl (C=S) groups is 1. The van der Waals surface area contributed by atoms with Crippen LogP contribution < -0.4 is 10.6 Å². The van der Waals surface area contributed by atoms with Gasteiger partial charge >= 0.3 is 6.18 Å². The first-order valence-electron chi connectivity index (χ1n) is 6.21. The minimum absolute atomic E-state index is 0.00207. The molecular formula is C13H14ClF3N2OS. The van der Waals surface area contributed by atoms with Gasteiger partial charge in [-0.1, -0.05) is 24.9 Å². The van der Waals surface area contributed by atoms with E-state index < -0.39 is 11.7 Å². The summed E-state index contributed by atoms with van der Waals surface area (Å²) in [6.07, 6.45) is -2.52. The average molecular weight is 339 g/mol. The minimum Gasteiger partial charge on any atom is -0.331 e. The molecule has 0 radical (unpaired) electrons. The number of carbonyl (C=O) groups is 1. The normalized spacial score (nSPS) is 11.1. The van der Waals surface area contributed by atoms with E-state index in [1.54, 1.807) is 0 Å². The van der Waals surface area contributed by atoms with Crippen molar-refractivity contribution >= 4 is 40.5 Å². The van der Waals surface area contributed by atoms with Crippen LogP contribution in [0, 0.1) is 0 Å². The van der Waals surface area contributed by atoms with Gasteiger partial charge in [-0.15, -0.1) is 0 Å². The van der Waals surface area contributed by atoms with E-state index in [0.29, 0.717) is 6.42 Å². The zero-order chi connectivity index (χ0) is 16.0. The molecule has 1 rings (SSSR count). The maximum atomic E-state index is 12.5. The van der Waals surface area contributed by atoms with Crippen molar-refractivity contribution in [2.24, 2.45) is 0 Å². The van der Waals surface area contributed by atoms with E-state index in [1.165, 1.54) is 0 Å². The third-order valence-electron chi connectivity index (χ3n) is 2.55. The number of unbranched alkanes of at least 4 members (excludes halogenated alkanes) is 1. The van der Waals surface area contributed by atoms with Gasteiger partial charge in [0.1, 0.15) is 0 Å². The Morgan fingerprint density at radius 1 is 1.38 bits per heavy atom. The second kappa shape index (κ2) is 7.61. The molecule has 0 saturated carbocycles. The monoisotopic (exact) mass is 338 g/mol. The first kappa shape index (κ1) is 17.7. The highest BCUT2D eigenvalue weighted by atomic mass is 35.5. The zero-order valence-corrected chi connectivity index (χ0v) is 12.8. The molecule has 0 aromatic heterocycles. The number of carbonyl (C=O) groups excluding carboxylic acids is 1. The fourth-order valence-corrected chi connectivity index (χ4v) is 1.92. The van der Waals surface area contributed by atoms with Crippen LogP contribution in [0.3, 0.4) is 0 Å². The highest BCUT2D eigenvalue weighted by Crippen LogP contribution is 2.33. The summed E-state index contributed by atoms with van der Waals surface area (Å²) in [7, 11) is 0. The number of alkyl halides is 3. The Morgan fingerprint density at radius 3 is 2.57 bits per heavy atom. The highest BCUT2D eigenvalue weighted by molar-refractivity contribution is 7.80. The van der Waals surface area contributed by atoms with Crippen molar-refractivity contribution < 1.29 is 18.0 Å². The van der Waals surface area contributed by atoms with Gasteiger partial charge in [0.05, 0.1) is 16.3 Å². The van der Waals surface area contributed by atoms with Gasteiger partial charge < -0.3 is 10.6 Å². The summed E-state index contributed by atoms with van der Waals surface area (Å²) in [5, 5.41) is 4.90. The molecule has 1 aromatic carbocycles. The second-order valence-corrected chi connectivity index (χ2v) is 5.11. The topological polar surface area (TPSA) is 41.1 Å². The van der Waals surface area contributed by atoms with Crippen molar-refractivity contribution in [1.82, 2.24) is 5.32 Å². The van der Waals surface area contributed by atoms with Gasteiger partial charge in [-0.3, -0.25) is 4.79 Å². The van der Waals surface area contributed by atoms with Gasteiger partial charge in [-0.25, -0.2) is 0 Å². The molecule has 8 heteroatoms. The van der Waals surface area contributed by atoms with Crippen LogP contribution in [0.15, 0.2) is 18.2 Å². The molecular weight excluding hydrogens is 325 g/mol. The molecule has 0 aliphatic heterocycles. The first-order chi connectivity index (χ1) is 9.74. The van der Waals surface area contributed by atoms with Gasteiger partial charge in [0, 0.05) is 6.42 Å². The van der Waals surface area contributed by atoms with Gasteiger partial charge in [0.15, 0.2) is 5.11 Å². The van der Waals surface area contributed by atoms with Crippen molar-refractivity contribution in [1.29, 1.82) is 0 Å². The van der Waals surface area contributed by atoms with Crippen LogP contribution >= 0.6 is 23.8 Å². The molecule has 0 atom stereocenters. The number of hydrogen-bond acceptors (Lipinski definition) is 2. The standard InChI is InChI=1S/C13H14ClF3N2OS/c1-2-3-4-11(20)19-12(21)18-10-6-5-8(7-9(10)14)13(15,16)17/h5-7H,2-4H2,1H3,(H2,18,19,20,21). The maximum absolute atomic E-state index is 12.5. The van der Waals surface area contributed by atoms with E-state index in [2.05, 4.69) is 10.6 Å². The Bertz CT molecular complexity index is 535. The molecule has 116 valence electrons. The Balaban J connectivity index is 2.67.